The minimum atomic E-state index is -0.176. The van der Waals surface area contributed by atoms with Crippen molar-refractivity contribution in [2.24, 2.45) is 0 Å². The third-order valence-electron chi connectivity index (χ3n) is 5.93. The highest BCUT2D eigenvalue weighted by Gasteiger charge is 2.28. The van der Waals surface area contributed by atoms with Crippen molar-refractivity contribution in [1.82, 2.24) is 10.6 Å². The van der Waals surface area contributed by atoms with Crippen LogP contribution < -0.4 is 20.7 Å². The average Bonchev–Trinajstić information content (AvgIpc) is 2.86. The summed E-state index contributed by atoms with van der Waals surface area (Å²) in [5.74, 6) is 0.449. The quantitative estimate of drug-likeness (QED) is 0.254. The fourth-order valence-electron chi connectivity index (χ4n) is 4.19. The molecule has 0 bridgehead atoms. The molecule has 0 aliphatic carbocycles. The Labute approximate surface area is 206 Å². The lowest BCUT2D eigenvalue weighted by Gasteiger charge is -2.35. The van der Waals surface area contributed by atoms with Gasteiger partial charge in [0.05, 0.1) is 7.11 Å². The number of ether oxygens (including phenoxy) is 1. The van der Waals surface area contributed by atoms with Gasteiger partial charge in [0.25, 0.3) is 5.91 Å². The summed E-state index contributed by atoms with van der Waals surface area (Å²) in [5.41, 5.74) is 4.78. The number of nitrogens with one attached hydrogen (secondary N) is 3. The lowest BCUT2D eigenvalue weighted by molar-refractivity contribution is 0.0953. The van der Waals surface area contributed by atoms with E-state index in [1.165, 1.54) is 5.56 Å². The van der Waals surface area contributed by atoms with E-state index in [2.05, 4.69) is 35.9 Å². The Kier molecular flexibility index (Phi) is 7.20. The predicted octanol–water partition coefficient (Wildman–Crippen LogP) is 4.69. The Morgan fingerprint density at radius 1 is 0.971 bits per heavy atom. The number of allylic oxidation sites excluding steroid dienone is 1. The van der Waals surface area contributed by atoms with Gasteiger partial charge in [-0.05, 0) is 62.2 Å². The summed E-state index contributed by atoms with van der Waals surface area (Å²) in [6.07, 6.45) is 2.48. The molecular weight excluding hydrogens is 438 g/mol. The number of para-hydroxylation sites is 1. The highest BCUT2D eigenvalue weighted by Crippen LogP contribution is 2.32. The lowest BCUT2D eigenvalue weighted by atomic mass is 9.85. The molecule has 1 heterocycles. The van der Waals surface area contributed by atoms with Crippen molar-refractivity contribution in [3.63, 3.8) is 0 Å². The van der Waals surface area contributed by atoms with E-state index in [9.17, 15) is 9.59 Å². The number of ketones is 1. The maximum absolute atomic E-state index is 13.1. The van der Waals surface area contributed by atoms with Gasteiger partial charge in [-0.2, -0.15) is 0 Å². The second-order valence-corrected chi connectivity index (χ2v) is 9.26. The van der Waals surface area contributed by atoms with E-state index in [1.807, 2.05) is 42.5 Å². The van der Waals surface area contributed by atoms with Crippen molar-refractivity contribution in [3.05, 3.63) is 101 Å². The van der Waals surface area contributed by atoms with Gasteiger partial charge in [0.15, 0.2) is 5.78 Å². The molecule has 1 aliphatic rings. The third kappa shape index (κ3) is 6.09. The second-order valence-electron chi connectivity index (χ2n) is 9.26. The van der Waals surface area contributed by atoms with E-state index in [0.717, 1.165) is 29.1 Å². The molecule has 1 aliphatic heterocycles. The van der Waals surface area contributed by atoms with Crippen molar-refractivity contribution in [2.45, 2.75) is 25.8 Å². The lowest BCUT2D eigenvalue weighted by Crippen LogP contribution is -2.43. The average molecular weight is 470 g/mol. The molecule has 0 spiro atoms. The molecule has 1 amide bonds. The number of hydrogen-bond donors (Lipinski definition) is 3. The van der Waals surface area contributed by atoms with Crippen molar-refractivity contribution in [2.75, 3.05) is 25.5 Å². The number of fused-ring (bicyclic) bond motifs is 1. The molecule has 0 fully saturated rings. The van der Waals surface area contributed by atoms with Gasteiger partial charge in [0.2, 0.25) is 0 Å². The first-order valence-electron chi connectivity index (χ1n) is 11.7. The molecule has 0 saturated heterocycles. The van der Waals surface area contributed by atoms with Crippen molar-refractivity contribution in [1.29, 1.82) is 0 Å². The molecule has 0 unspecified atom stereocenters. The molecule has 3 aromatic carbocycles. The Balaban J connectivity index is 1.41. The number of methoxy groups -OCH3 is 1. The van der Waals surface area contributed by atoms with Gasteiger partial charge in [-0.3, -0.25) is 9.59 Å². The maximum Gasteiger partial charge on any atom is 0.251 e. The standard InChI is InChI=1S/C29H31N3O3/c1-29(2)19-22-13-14-24(35-3)17-25(22)26(32-29)18-27(33)20-9-11-21(12-10-20)28(34)31-16-15-30-23-7-5-4-6-8-23/h4-14,17-18,30,32H,15-16,19H2,1-3H3,(H,31,34). The summed E-state index contributed by atoms with van der Waals surface area (Å²) >= 11 is 0. The van der Waals surface area contributed by atoms with E-state index < -0.39 is 0 Å². The van der Waals surface area contributed by atoms with Crippen LogP contribution in [0.2, 0.25) is 0 Å². The van der Waals surface area contributed by atoms with Crippen molar-refractivity contribution >= 4 is 23.1 Å². The van der Waals surface area contributed by atoms with Crippen LogP contribution in [0.15, 0.2) is 78.9 Å². The van der Waals surface area contributed by atoms with Gasteiger partial charge in [0.1, 0.15) is 5.75 Å². The molecule has 35 heavy (non-hydrogen) atoms. The topological polar surface area (TPSA) is 79.5 Å². The van der Waals surface area contributed by atoms with Crippen LogP contribution in [0.5, 0.6) is 5.75 Å². The van der Waals surface area contributed by atoms with Gasteiger partial charge in [-0.25, -0.2) is 0 Å². The molecule has 6 heteroatoms. The van der Waals surface area contributed by atoms with Crippen LogP contribution in [-0.2, 0) is 6.42 Å². The molecule has 0 saturated carbocycles. The summed E-state index contributed by atoms with van der Waals surface area (Å²) < 4.78 is 5.38. The van der Waals surface area contributed by atoms with Crippen LogP contribution >= 0.6 is 0 Å². The molecule has 0 radical (unpaired) electrons. The SMILES string of the molecule is COc1ccc2c(c1)C(=CC(=O)c1ccc(C(=O)NCCNc3ccccc3)cc1)NC(C)(C)C2. The highest BCUT2D eigenvalue weighted by atomic mass is 16.5. The highest BCUT2D eigenvalue weighted by molar-refractivity contribution is 6.09. The fraction of sp³-hybridized carbons (Fsp3) is 0.241. The number of rotatable bonds is 8. The first kappa shape index (κ1) is 24.1. The Hall–Kier alpha value is -4.06. The Morgan fingerprint density at radius 3 is 2.40 bits per heavy atom. The van der Waals surface area contributed by atoms with Gasteiger partial charge in [0, 0.05) is 52.8 Å². The van der Waals surface area contributed by atoms with Gasteiger partial charge in [-0.1, -0.05) is 36.4 Å². The van der Waals surface area contributed by atoms with E-state index in [1.54, 1.807) is 37.5 Å². The molecule has 180 valence electrons. The second kappa shape index (κ2) is 10.5. The summed E-state index contributed by atoms with van der Waals surface area (Å²) in [4.78, 5) is 25.5. The first-order valence-corrected chi connectivity index (χ1v) is 11.7. The van der Waals surface area contributed by atoms with Gasteiger partial charge < -0.3 is 20.7 Å². The molecule has 3 N–H and O–H groups in total. The summed E-state index contributed by atoms with van der Waals surface area (Å²) in [5, 5.41) is 9.63. The number of carbonyl (C=O) groups excluding carboxylic acids is 2. The predicted molar refractivity (Wildman–Crippen MR) is 140 cm³/mol. The zero-order valence-electron chi connectivity index (χ0n) is 20.4. The molecule has 6 nitrogen and oxygen atoms in total. The van der Waals surface area contributed by atoms with Crippen LogP contribution in [0.3, 0.4) is 0 Å². The minimum Gasteiger partial charge on any atom is -0.497 e. The summed E-state index contributed by atoms with van der Waals surface area (Å²) in [6, 6.07) is 22.5. The number of amides is 1. The van der Waals surface area contributed by atoms with E-state index in [4.69, 9.17) is 4.74 Å². The number of carbonyl (C=O) groups is 2. The van der Waals surface area contributed by atoms with Crippen LogP contribution in [-0.4, -0.2) is 37.4 Å². The van der Waals surface area contributed by atoms with Crippen LogP contribution in [0.4, 0.5) is 5.69 Å². The van der Waals surface area contributed by atoms with Crippen LogP contribution in [0.1, 0.15) is 45.7 Å². The molecule has 4 rings (SSSR count). The Bertz CT molecular complexity index is 1230. The summed E-state index contributed by atoms with van der Waals surface area (Å²) in [7, 11) is 1.63. The number of benzene rings is 3. The zero-order chi connectivity index (χ0) is 24.8. The van der Waals surface area contributed by atoms with Crippen LogP contribution in [0, 0.1) is 0 Å². The largest absolute Gasteiger partial charge is 0.497 e. The monoisotopic (exact) mass is 469 g/mol. The molecular formula is C29H31N3O3. The van der Waals surface area contributed by atoms with E-state index >= 15 is 0 Å². The molecule has 3 aromatic rings. The van der Waals surface area contributed by atoms with Gasteiger partial charge in [-0.15, -0.1) is 0 Å². The molecule has 0 aromatic heterocycles. The first-order chi connectivity index (χ1) is 16.8. The minimum absolute atomic E-state index is 0.127. The Morgan fingerprint density at radius 2 is 1.69 bits per heavy atom. The van der Waals surface area contributed by atoms with Crippen molar-refractivity contribution < 1.29 is 14.3 Å². The van der Waals surface area contributed by atoms with E-state index in [0.29, 0.717) is 24.2 Å². The maximum atomic E-state index is 13.1. The van der Waals surface area contributed by atoms with Crippen LogP contribution in [0.25, 0.3) is 5.70 Å². The van der Waals surface area contributed by atoms with Gasteiger partial charge >= 0.3 is 0 Å². The summed E-state index contributed by atoms with van der Waals surface area (Å²) in [6.45, 7) is 5.34. The zero-order valence-corrected chi connectivity index (χ0v) is 20.4. The number of hydrogen-bond acceptors (Lipinski definition) is 5. The van der Waals surface area contributed by atoms with Crippen molar-refractivity contribution in [3.8, 4) is 5.75 Å². The number of anilines is 1. The fourth-order valence-corrected chi connectivity index (χ4v) is 4.19. The van der Waals surface area contributed by atoms with E-state index in [-0.39, 0.29) is 17.2 Å². The third-order valence-corrected chi connectivity index (χ3v) is 5.93. The normalized spacial score (nSPS) is 15.0. The smallest absolute Gasteiger partial charge is 0.251 e. The molecule has 0 atom stereocenters.